The molecule has 1 heterocycles. The number of hydrogen-bond acceptors (Lipinski definition) is 2. The lowest BCUT2D eigenvalue weighted by molar-refractivity contribution is 0.313. The molecule has 0 aliphatic carbocycles. The number of rotatable bonds is 3. The second-order valence-electron chi connectivity index (χ2n) is 4.11. The van der Waals surface area contributed by atoms with Crippen LogP contribution < -0.4 is 4.74 Å². The average molecular weight is 354 g/mol. The summed E-state index contributed by atoms with van der Waals surface area (Å²) in [5, 5.41) is 4.88. The number of fused-ring (bicyclic) bond motifs is 1. The van der Waals surface area contributed by atoms with Crippen molar-refractivity contribution in [1.82, 2.24) is 0 Å². The van der Waals surface area contributed by atoms with Crippen LogP contribution in [0.3, 0.4) is 0 Å². The van der Waals surface area contributed by atoms with Crippen molar-refractivity contribution in [2.24, 2.45) is 0 Å². The first-order valence-corrected chi connectivity index (χ1v) is 7.82. The van der Waals surface area contributed by atoms with Gasteiger partial charge in [0.2, 0.25) is 0 Å². The van der Waals surface area contributed by atoms with Gasteiger partial charge in [-0.1, -0.05) is 35.9 Å². The van der Waals surface area contributed by atoms with Crippen molar-refractivity contribution in [3.8, 4) is 5.75 Å². The van der Waals surface area contributed by atoms with E-state index in [1.807, 2.05) is 36.4 Å². The molecule has 4 heteroatoms. The van der Waals surface area contributed by atoms with Crippen LogP contribution in [0.15, 0.2) is 52.3 Å². The van der Waals surface area contributed by atoms with Gasteiger partial charge in [0, 0.05) is 30.5 Å². The van der Waals surface area contributed by atoms with Crippen LogP contribution in [-0.2, 0) is 6.61 Å². The summed E-state index contributed by atoms with van der Waals surface area (Å²) in [4.78, 5) is 1.19. The molecule has 0 aliphatic heterocycles. The Morgan fingerprint density at radius 1 is 1.11 bits per heavy atom. The molecule has 19 heavy (non-hydrogen) atoms. The molecule has 0 fully saturated rings. The maximum atomic E-state index is 6.19. The van der Waals surface area contributed by atoms with Gasteiger partial charge in [0.15, 0.2) is 0 Å². The van der Waals surface area contributed by atoms with Gasteiger partial charge < -0.3 is 4.74 Å². The molecule has 0 saturated heterocycles. The zero-order valence-corrected chi connectivity index (χ0v) is 13.1. The molecule has 0 N–H and O–H groups in total. The van der Waals surface area contributed by atoms with E-state index in [2.05, 4.69) is 27.4 Å². The van der Waals surface area contributed by atoms with E-state index >= 15 is 0 Å². The van der Waals surface area contributed by atoms with E-state index in [-0.39, 0.29) is 0 Å². The number of benzene rings is 2. The van der Waals surface area contributed by atoms with Crippen molar-refractivity contribution >= 4 is 49.6 Å². The maximum Gasteiger partial charge on any atom is 0.127 e. The molecule has 1 nitrogen and oxygen atoms in total. The zero-order chi connectivity index (χ0) is 13.2. The van der Waals surface area contributed by atoms with Crippen LogP contribution in [0.1, 0.15) is 4.88 Å². The summed E-state index contributed by atoms with van der Waals surface area (Å²) in [6, 6.07) is 13.9. The van der Waals surface area contributed by atoms with Gasteiger partial charge in [-0.15, -0.1) is 11.3 Å². The highest BCUT2D eigenvalue weighted by Crippen LogP contribution is 2.32. The smallest absolute Gasteiger partial charge is 0.127 e. The highest BCUT2D eigenvalue weighted by atomic mass is 79.9. The van der Waals surface area contributed by atoms with Gasteiger partial charge in [-0.3, -0.25) is 0 Å². The van der Waals surface area contributed by atoms with Crippen molar-refractivity contribution in [1.29, 1.82) is 0 Å². The first-order valence-electron chi connectivity index (χ1n) is 5.77. The van der Waals surface area contributed by atoms with E-state index in [9.17, 15) is 0 Å². The summed E-state index contributed by atoms with van der Waals surface area (Å²) < 4.78 is 7.00. The predicted octanol–water partition coefficient (Wildman–Crippen LogP) is 5.90. The molecule has 3 aromatic rings. The molecule has 0 spiro atoms. The van der Waals surface area contributed by atoms with Crippen LogP contribution in [0.4, 0.5) is 0 Å². The molecule has 0 aliphatic rings. The quantitative estimate of drug-likeness (QED) is 0.570. The second-order valence-corrected chi connectivity index (χ2v) is 6.43. The van der Waals surface area contributed by atoms with Crippen LogP contribution >= 0.6 is 38.9 Å². The summed E-state index contributed by atoms with van der Waals surface area (Å²) in [6.07, 6.45) is 0. The molecular weight excluding hydrogens is 344 g/mol. The third kappa shape index (κ3) is 2.78. The Morgan fingerprint density at radius 2 is 1.89 bits per heavy atom. The van der Waals surface area contributed by atoms with Crippen molar-refractivity contribution in [3.05, 3.63) is 62.2 Å². The van der Waals surface area contributed by atoms with E-state index in [0.29, 0.717) is 6.61 Å². The lowest BCUT2D eigenvalue weighted by Crippen LogP contribution is -1.93. The molecule has 0 bridgehead atoms. The highest BCUT2D eigenvalue weighted by Gasteiger charge is 2.06. The van der Waals surface area contributed by atoms with E-state index < -0.39 is 0 Å². The van der Waals surface area contributed by atoms with Gasteiger partial charge in [0.25, 0.3) is 0 Å². The van der Waals surface area contributed by atoms with Crippen LogP contribution in [0.2, 0.25) is 5.02 Å². The van der Waals surface area contributed by atoms with Crippen molar-refractivity contribution in [2.45, 2.75) is 6.61 Å². The third-order valence-electron chi connectivity index (χ3n) is 2.82. The fourth-order valence-corrected chi connectivity index (χ4v) is 3.53. The van der Waals surface area contributed by atoms with Gasteiger partial charge in [-0.25, -0.2) is 0 Å². The normalized spacial score (nSPS) is 10.8. The molecule has 0 atom stereocenters. The first-order chi connectivity index (χ1) is 9.24. The zero-order valence-electron chi connectivity index (χ0n) is 9.90. The molecule has 0 amide bonds. The minimum Gasteiger partial charge on any atom is -0.487 e. The van der Waals surface area contributed by atoms with Crippen molar-refractivity contribution in [2.75, 3.05) is 0 Å². The fraction of sp³-hybridized carbons (Fsp3) is 0.0667. The minimum atomic E-state index is 0.571. The molecule has 0 radical (unpaired) electrons. The summed E-state index contributed by atoms with van der Waals surface area (Å²) in [5.41, 5.74) is 0. The van der Waals surface area contributed by atoms with E-state index in [1.54, 1.807) is 11.3 Å². The predicted molar refractivity (Wildman–Crippen MR) is 85.3 cm³/mol. The molecule has 96 valence electrons. The lowest BCUT2D eigenvalue weighted by atomic mass is 10.1. The Balaban J connectivity index is 1.91. The van der Waals surface area contributed by atoms with Crippen molar-refractivity contribution in [3.63, 3.8) is 0 Å². The summed E-state index contributed by atoms with van der Waals surface area (Å²) in [6.45, 7) is 0.571. The largest absolute Gasteiger partial charge is 0.487 e. The Hall–Kier alpha value is -1.03. The van der Waals surface area contributed by atoms with Crippen LogP contribution in [0, 0.1) is 0 Å². The summed E-state index contributed by atoms with van der Waals surface area (Å²) in [5.74, 6) is 0.865. The number of hydrogen-bond donors (Lipinski definition) is 0. The Labute approximate surface area is 128 Å². The van der Waals surface area contributed by atoms with Crippen molar-refractivity contribution < 1.29 is 4.74 Å². The lowest BCUT2D eigenvalue weighted by Gasteiger charge is -2.09. The third-order valence-corrected chi connectivity index (χ3v) is 4.82. The molecular formula is C15H10BrClOS. The van der Waals surface area contributed by atoms with Gasteiger partial charge in [-0.05, 0) is 34.1 Å². The second kappa shape index (κ2) is 5.53. The number of halogens is 2. The highest BCUT2D eigenvalue weighted by molar-refractivity contribution is 9.10. The summed E-state index contributed by atoms with van der Waals surface area (Å²) >= 11 is 11.3. The van der Waals surface area contributed by atoms with E-state index in [4.69, 9.17) is 16.3 Å². The maximum absolute atomic E-state index is 6.19. The molecule has 3 rings (SSSR count). The standard InChI is InChI=1S/C15H10BrClOS/c16-10-7-11(19-9-10)8-18-15-6-5-14(17)12-3-1-2-4-13(12)15/h1-7,9H,8H2. The SMILES string of the molecule is Clc1ccc(OCc2cc(Br)cs2)c2ccccc12. The van der Waals surface area contributed by atoms with Gasteiger partial charge >= 0.3 is 0 Å². The molecule has 2 aromatic carbocycles. The first kappa shape index (κ1) is 13.0. The Morgan fingerprint density at radius 3 is 2.63 bits per heavy atom. The van der Waals surface area contributed by atoms with Gasteiger partial charge in [0.05, 0.1) is 0 Å². The average Bonchev–Trinajstić information content (AvgIpc) is 2.84. The van der Waals surface area contributed by atoms with E-state index in [1.165, 1.54) is 4.88 Å². The van der Waals surface area contributed by atoms with Gasteiger partial charge in [0.1, 0.15) is 12.4 Å². The fourth-order valence-electron chi connectivity index (χ4n) is 1.94. The van der Waals surface area contributed by atoms with Gasteiger partial charge in [-0.2, -0.15) is 0 Å². The number of thiophene rings is 1. The Bertz CT molecular complexity index is 723. The van der Waals surface area contributed by atoms with Crippen LogP contribution in [0.25, 0.3) is 10.8 Å². The topological polar surface area (TPSA) is 9.23 Å². The molecule has 0 saturated carbocycles. The van der Waals surface area contributed by atoms with Crippen LogP contribution in [0.5, 0.6) is 5.75 Å². The monoisotopic (exact) mass is 352 g/mol. The summed E-state index contributed by atoms with van der Waals surface area (Å²) in [7, 11) is 0. The number of ether oxygens (including phenoxy) is 1. The van der Waals surface area contributed by atoms with Crippen LogP contribution in [-0.4, -0.2) is 0 Å². The Kier molecular flexibility index (Phi) is 3.78. The van der Waals surface area contributed by atoms with E-state index in [0.717, 1.165) is 26.0 Å². The minimum absolute atomic E-state index is 0.571. The molecule has 0 unspecified atom stereocenters. The molecule has 1 aromatic heterocycles.